The molecule has 82 valence electrons. The van der Waals surface area contributed by atoms with Crippen LogP contribution in [0.15, 0.2) is 42.5 Å². The summed E-state index contributed by atoms with van der Waals surface area (Å²) in [6.07, 6.45) is 0.175. The first-order valence-electron chi connectivity index (χ1n) is 5.38. The zero-order valence-electron chi connectivity index (χ0n) is 9.18. The Morgan fingerprint density at radius 1 is 1.19 bits per heavy atom. The second kappa shape index (κ2) is 4.35. The molecule has 0 saturated heterocycles. The highest BCUT2D eigenvalue weighted by Gasteiger charge is 2.12. The van der Waals surface area contributed by atoms with E-state index in [0.717, 1.165) is 16.3 Å². The maximum Gasteiger partial charge on any atom is 0.303 e. The van der Waals surface area contributed by atoms with E-state index in [1.165, 1.54) is 0 Å². The van der Waals surface area contributed by atoms with Gasteiger partial charge in [0.05, 0.1) is 6.42 Å². The van der Waals surface area contributed by atoms with Crippen molar-refractivity contribution in [3.05, 3.63) is 48.0 Å². The fourth-order valence-corrected chi connectivity index (χ4v) is 2.05. The van der Waals surface area contributed by atoms with Crippen molar-refractivity contribution >= 4 is 16.7 Å². The number of carboxylic acid groups (broad SMARTS) is 1. The topological polar surface area (TPSA) is 37.3 Å². The van der Waals surface area contributed by atoms with Crippen LogP contribution in [0.5, 0.6) is 0 Å². The minimum atomic E-state index is -0.750. The smallest absolute Gasteiger partial charge is 0.303 e. The van der Waals surface area contributed by atoms with Crippen molar-refractivity contribution in [2.75, 3.05) is 0 Å². The first-order valence-corrected chi connectivity index (χ1v) is 5.38. The van der Waals surface area contributed by atoms with Crippen LogP contribution in [0, 0.1) is 0 Å². The van der Waals surface area contributed by atoms with E-state index in [-0.39, 0.29) is 12.3 Å². The van der Waals surface area contributed by atoms with Gasteiger partial charge in [0.15, 0.2) is 0 Å². The summed E-state index contributed by atoms with van der Waals surface area (Å²) in [4.78, 5) is 10.7. The van der Waals surface area contributed by atoms with Gasteiger partial charge in [-0.1, -0.05) is 49.4 Å². The molecule has 16 heavy (non-hydrogen) atoms. The van der Waals surface area contributed by atoms with Crippen LogP contribution >= 0.6 is 0 Å². The summed E-state index contributed by atoms with van der Waals surface area (Å²) < 4.78 is 0. The lowest BCUT2D eigenvalue weighted by atomic mass is 9.93. The number of hydrogen-bond donors (Lipinski definition) is 1. The molecule has 0 heterocycles. The van der Waals surface area contributed by atoms with E-state index in [0.29, 0.717) is 0 Å². The zero-order valence-corrected chi connectivity index (χ0v) is 9.18. The van der Waals surface area contributed by atoms with E-state index in [2.05, 4.69) is 0 Å². The second-order valence-electron chi connectivity index (χ2n) is 4.07. The van der Waals surface area contributed by atoms with Crippen molar-refractivity contribution < 1.29 is 9.90 Å². The van der Waals surface area contributed by atoms with E-state index in [1.54, 1.807) is 0 Å². The predicted molar refractivity (Wildman–Crippen MR) is 64.6 cm³/mol. The lowest BCUT2D eigenvalue weighted by molar-refractivity contribution is -0.137. The molecule has 0 aliphatic carbocycles. The maximum absolute atomic E-state index is 10.7. The summed E-state index contributed by atoms with van der Waals surface area (Å²) in [6.45, 7) is 1.95. The van der Waals surface area contributed by atoms with Crippen LogP contribution < -0.4 is 0 Å². The summed E-state index contributed by atoms with van der Waals surface area (Å²) in [5, 5.41) is 11.1. The van der Waals surface area contributed by atoms with Gasteiger partial charge < -0.3 is 5.11 Å². The third kappa shape index (κ3) is 2.06. The Bertz CT molecular complexity index is 512. The largest absolute Gasteiger partial charge is 0.481 e. The van der Waals surface area contributed by atoms with Gasteiger partial charge in [-0.05, 0) is 22.3 Å². The minimum Gasteiger partial charge on any atom is -0.481 e. The fourth-order valence-electron chi connectivity index (χ4n) is 2.05. The number of benzene rings is 2. The number of fused-ring (bicyclic) bond motifs is 1. The van der Waals surface area contributed by atoms with Crippen molar-refractivity contribution in [2.45, 2.75) is 19.3 Å². The average Bonchev–Trinajstić information content (AvgIpc) is 2.27. The van der Waals surface area contributed by atoms with E-state index in [1.807, 2.05) is 49.4 Å². The lowest BCUT2D eigenvalue weighted by Gasteiger charge is -2.12. The molecule has 0 amide bonds. The second-order valence-corrected chi connectivity index (χ2v) is 4.07. The molecule has 2 aromatic carbocycles. The summed E-state index contributed by atoms with van der Waals surface area (Å²) in [5.41, 5.74) is 1.11. The molecule has 0 spiro atoms. The Labute approximate surface area is 94.5 Å². The minimum absolute atomic E-state index is 0.0450. The zero-order chi connectivity index (χ0) is 11.5. The molecule has 2 rings (SSSR count). The first-order chi connectivity index (χ1) is 7.68. The standard InChI is InChI=1S/C14H14O2/c1-10(9-14(15)16)12-8-4-6-11-5-2-3-7-13(11)12/h2-8,10H,9H2,1H3,(H,15,16). The van der Waals surface area contributed by atoms with Gasteiger partial charge in [-0.15, -0.1) is 0 Å². The van der Waals surface area contributed by atoms with Crippen molar-refractivity contribution in [3.8, 4) is 0 Å². The number of aliphatic carboxylic acids is 1. The molecule has 0 aliphatic rings. The molecule has 1 unspecified atom stereocenters. The molecule has 0 radical (unpaired) electrons. The summed E-state index contributed by atoms with van der Waals surface area (Å²) in [7, 11) is 0. The molecule has 2 nitrogen and oxygen atoms in total. The first kappa shape index (κ1) is 10.7. The lowest BCUT2D eigenvalue weighted by Crippen LogP contribution is -2.03. The van der Waals surface area contributed by atoms with Crippen molar-refractivity contribution in [1.29, 1.82) is 0 Å². The molecular weight excluding hydrogens is 200 g/mol. The van der Waals surface area contributed by atoms with Crippen LogP contribution in [-0.2, 0) is 4.79 Å². The van der Waals surface area contributed by atoms with Gasteiger partial charge >= 0.3 is 5.97 Å². The molecule has 2 aromatic rings. The SMILES string of the molecule is CC(CC(=O)O)c1cccc2ccccc12. The Morgan fingerprint density at radius 3 is 2.62 bits per heavy atom. The number of hydrogen-bond acceptors (Lipinski definition) is 1. The van der Waals surface area contributed by atoms with Gasteiger partial charge in [-0.3, -0.25) is 4.79 Å². The molecule has 0 fully saturated rings. The molecule has 2 heteroatoms. The van der Waals surface area contributed by atoms with Crippen LogP contribution in [0.25, 0.3) is 10.8 Å². The van der Waals surface area contributed by atoms with Crippen LogP contribution in [0.2, 0.25) is 0 Å². The number of carbonyl (C=O) groups is 1. The molecular formula is C14H14O2. The van der Waals surface area contributed by atoms with Crippen molar-refractivity contribution in [2.24, 2.45) is 0 Å². The monoisotopic (exact) mass is 214 g/mol. The molecule has 0 saturated carbocycles. The van der Waals surface area contributed by atoms with E-state index < -0.39 is 5.97 Å². The maximum atomic E-state index is 10.7. The molecule has 0 aromatic heterocycles. The third-order valence-corrected chi connectivity index (χ3v) is 2.84. The van der Waals surface area contributed by atoms with Gasteiger partial charge in [0.2, 0.25) is 0 Å². The fraction of sp³-hybridized carbons (Fsp3) is 0.214. The van der Waals surface area contributed by atoms with E-state index in [4.69, 9.17) is 5.11 Å². The molecule has 1 atom stereocenters. The quantitative estimate of drug-likeness (QED) is 0.850. The van der Waals surface area contributed by atoms with Gasteiger partial charge in [0, 0.05) is 0 Å². The number of rotatable bonds is 3. The van der Waals surface area contributed by atoms with Gasteiger partial charge in [0.25, 0.3) is 0 Å². The van der Waals surface area contributed by atoms with Crippen LogP contribution in [0.3, 0.4) is 0 Å². The molecule has 1 N–H and O–H groups in total. The van der Waals surface area contributed by atoms with Gasteiger partial charge in [-0.25, -0.2) is 0 Å². The Hall–Kier alpha value is -1.83. The highest BCUT2D eigenvalue weighted by atomic mass is 16.4. The molecule has 0 bridgehead atoms. The van der Waals surface area contributed by atoms with Crippen LogP contribution in [0.1, 0.15) is 24.8 Å². The Kier molecular flexibility index (Phi) is 2.91. The molecule has 0 aliphatic heterocycles. The van der Waals surface area contributed by atoms with Crippen molar-refractivity contribution in [3.63, 3.8) is 0 Å². The summed E-state index contributed by atoms with van der Waals surface area (Å²) >= 11 is 0. The van der Waals surface area contributed by atoms with Gasteiger partial charge in [0.1, 0.15) is 0 Å². The normalized spacial score (nSPS) is 12.6. The van der Waals surface area contributed by atoms with Crippen LogP contribution in [0.4, 0.5) is 0 Å². The third-order valence-electron chi connectivity index (χ3n) is 2.84. The van der Waals surface area contributed by atoms with E-state index >= 15 is 0 Å². The van der Waals surface area contributed by atoms with Crippen LogP contribution in [-0.4, -0.2) is 11.1 Å². The summed E-state index contributed by atoms with van der Waals surface area (Å²) in [5.74, 6) is -0.705. The Morgan fingerprint density at radius 2 is 1.88 bits per heavy atom. The highest BCUT2D eigenvalue weighted by molar-refractivity contribution is 5.86. The summed E-state index contributed by atoms with van der Waals surface area (Å²) in [6, 6.07) is 14.1. The highest BCUT2D eigenvalue weighted by Crippen LogP contribution is 2.27. The number of carboxylic acids is 1. The van der Waals surface area contributed by atoms with E-state index in [9.17, 15) is 4.79 Å². The van der Waals surface area contributed by atoms with Crippen molar-refractivity contribution in [1.82, 2.24) is 0 Å². The predicted octanol–water partition coefficient (Wildman–Crippen LogP) is 3.42. The Balaban J connectivity index is 2.47. The average molecular weight is 214 g/mol. The van der Waals surface area contributed by atoms with Gasteiger partial charge in [-0.2, -0.15) is 0 Å².